The van der Waals surface area contributed by atoms with E-state index in [0.717, 1.165) is 37.7 Å². The molecule has 4 unspecified atom stereocenters. The fourth-order valence-corrected chi connectivity index (χ4v) is 5.03. The van der Waals surface area contributed by atoms with Gasteiger partial charge in [-0.15, -0.1) is 0 Å². The molecule has 0 spiro atoms. The third kappa shape index (κ3) is 6.20. The minimum absolute atomic E-state index is 0.201. The number of phenolic OH excluding ortho intramolecular Hbond substituents is 1. The predicted molar refractivity (Wildman–Crippen MR) is 127 cm³/mol. The molecule has 0 amide bonds. The number of aliphatic hydroxyl groups is 1. The predicted octanol–water partition coefficient (Wildman–Crippen LogP) is 6.72. The monoisotopic (exact) mass is 416 g/mol. The van der Waals surface area contributed by atoms with Gasteiger partial charge in [0.15, 0.2) is 0 Å². The molecule has 4 atom stereocenters. The van der Waals surface area contributed by atoms with E-state index in [1.165, 1.54) is 44.1 Å². The van der Waals surface area contributed by atoms with Gasteiger partial charge in [-0.25, -0.2) is 0 Å². The summed E-state index contributed by atoms with van der Waals surface area (Å²) in [5.74, 6) is 1.95. The molecule has 0 saturated heterocycles. The summed E-state index contributed by atoms with van der Waals surface area (Å²) in [5, 5.41) is 16.3. The zero-order chi connectivity index (χ0) is 22.8. The quantitative estimate of drug-likeness (QED) is 0.365. The van der Waals surface area contributed by atoms with E-state index in [4.69, 9.17) is 5.11 Å². The number of hydrogen-bond donors (Lipinski definition) is 2. The molecule has 1 aromatic rings. The van der Waals surface area contributed by atoms with E-state index in [1.807, 2.05) is 12.1 Å². The number of unbranched alkanes of at least 4 members (excludes halogenated alkanes) is 2. The lowest BCUT2D eigenvalue weighted by atomic mass is 9.81. The maximum absolute atomic E-state index is 10.8. The zero-order valence-electron chi connectivity index (χ0n) is 20.1. The average molecular weight is 417 g/mol. The number of benzene rings is 1. The van der Waals surface area contributed by atoms with Crippen LogP contribution in [0.25, 0.3) is 0 Å². The molecule has 0 heterocycles. The summed E-state index contributed by atoms with van der Waals surface area (Å²) in [6.07, 6.45) is 13.2. The molecule has 0 aliphatic heterocycles. The van der Waals surface area contributed by atoms with E-state index < -0.39 is 0 Å². The Balaban J connectivity index is 0.000000285. The number of phenols is 1. The maximum Gasteiger partial charge on any atom is 0.146 e. The standard InChI is InChI=1S/C15H24O.C11H16O.CH4O/c1-3-13(2)8-5-4-6-9-14-10-7-11-15(16)12-14;1-8-10(2)6-4-5-9(7-12)11(8,10)3;1-2/h7,10-13,16H,3-6,8-9H2,1-2H3;5,7-8H,4,6H2,1-3H3;2H,1H3. The number of aryl methyl sites for hydroxylation is 1. The summed E-state index contributed by atoms with van der Waals surface area (Å²) >= 11 is 0. The van der Waals surface area contributed by atoms with E-state index in [1.54, 1.807) is 6.07 Å². The highest BCUT2D eigenvalue weighted by atomic mass is 16.3. The van der Waals surface area contributed by atoms with E-state index >= 15 is 0 Å². The first-order valence-corrected chi connectivity index (χ1v) is 11.7. The molecule has 3 nitrogen and oxygen atoms in total. The fraction of sp³-hybridized carbons (Fsp3) is 0.667. The summed E-state index contributed by atoms with van der Waals surface area (Å²) in [4.78, 5) is 10.8. The molecule has 2 aliphatic carbocycles. The summed E-state index contributed by atoms with van der Waals surface area (Å²) in [6, 6.07) is 7.61. The number of allylic oxidation sites excluding steroid dienone is 2. The van der Waals surface area contributed by atoms with Crippen molar-refractivity contribution >= 4 is 6.29 Å². The molecule has 0 radical (unpaired) electrons. The number of rotatable bonds is 8. The highest BCUT2D eigenvalue weighted by molar-refractivity contribution is 5.78. The highest BCUT2D eigenvalue weighted by Crippen LogP contribution is 2.75. The Morgan fingerprint density at radius 3 is 2.47 bits per heavy atom. The smallest absolute Gasteiger partial charge is 0.146 e. The van der Waals surface area contributed by atoms with Gasteiger partial charge in [0.25, 0.3) is 0 Å². The van der Waals surface area contributed by atoms with Crippen molar-refractivity contribution in [2.24, 2.45) is 22.7 Å². The molecule has 3 rings (SSSR count). The molecule has 1 aromatic carbocycles. The van der Waals surface area contributed by atoms with Crippen LogP contribution < -0.4 is 0 Å². The van der Waals surface area contributed by atoms with Crippen molar-refractivity contribution in [1.82, 2.24) is 0 Å². The number of aromatic hydroxyl groups is 1. The van der Waals surface area contributed by atoms with Crippen molar-refractivity contribution in [1.29, 1.82) is 0 Å². The Kier molecular flexibility index (Phi) is 10.8. The van der Waals surface area contributed by atoms with Crippen LogP contribution in [0.4, 0.5) is 0 Å². The van der Waals surface area contributed by atoms with Gasteiger partial charge in [-0.05, 0) is 66.2 Å². The van der Waals surface area contributed by atoms with Crippen LogP contribution in [0.1, 0.15) is 85.1 Å². The number of aliphatic hydroxyl groups excluding tert-OH is 1. The normalized spacial score (nSPS) is 27.3. The van der Waals surface area contributed by atoms with E-state index in [-0.39, 0.29) is 5.41 Å². The van der Waals surface area contributed by atoms with Gasteiger partial charge in [0.05, 0.1) is 0 Å². The minimum atomic E-state index is 0.201. The van der Waals surface area contributed by atoms with E-state index in [9.17, 15) is 9.90 Å². The topological polar surface area (TPSA) is 57.5 Å². The average Bonchev–Trinajstić information content (AvgIpc) is 3.22. The van der Waals surface area contributed by atoms with Gasteiger partial charge >= 0.3 is 0 Å². The molecule has 2 N–H and O–H groups in total. The van der Waals surface area contributed by atoms with Crippen molar-refractivity contribution in [3.05, 3.63) is 41.5 Å². The SMILES string of the molecule is CC1C2(C)CCC=C(C=O)C12C.CCC(C)CCCCCc1cccc(O)c1.CO. The molecule has 30 heavy (non-hydrogen) atoms. The minimum Gasteiger partial charge on any atom is -0.508 e. The molecule has 170 valence electrons. The lowest BCUT2D eigenvalue weighted by Gasteiger charge is -2.22. The van der Waals surface area contributed by atoms with Crippen molar-refractivity contribution in [3.63, 3.8) is 0 Å². The summed E-state index contributed by atoms with van der Waals surface area (Å²) in [6.45, 7) is 11.4. The van der Waals surface area contributed by atoms with Crippen LogP contribution in [-0.2, 0) is 11.2 Å². The fourth-order valence-electron chi connectivity index (χ4n) is 5.03. The lowest BCUT2D eigenvalue weighted by Crippen LogP contribution is -2.15. The molecule has 1 saturated carbocycles. The van der Waals surface area contributed by atoms with Crippen LogP contribution in [0.5, 0.6) is 5.75 Å². The van der Waals surface area contributed by atoms with Crippen LogP contribution in [0.3, 0.4) is 0 Å². The van der Waals surface area contributed by atoms with Gasteiger partial charge < -0.3 is 10.2 Å². The first-order valence-electron chi connectivity index (χ1n) is 11.7. The van der Waals surface area contributed by atoms with Crippen molar-refractivity contribution in [2.45, 2.75) is 86.0 Å². The summed E-state index contributed by atoms with van der Waals surface area (Å²) in [5.41, 5.74) is 2.91. The Morgan fingerprint density at radius 1 is 1.20 bits per heavy atom. The zero-order valence-corrected chi connectivity index (χ0v) is 20.1. The van der Waals surface area contributed by atoms with Crippen LogP contribution in [-0.4, -0.2) is 23.6 Å². The molecular formula is C27H44O3. The van der Waals surface area contributed by atoms with Gasteiger partial charge in [-0.2, -0.15) is 0 Å². The van der Waals surface area contributed by atoms with Gasteiger partial charge in [-0.3, -0.25) is 4.79 Å². The Hall–Kier alpha value is -1.61. The number of carbonyl (C=O) groups excluding carboxylic acids is 1. The third-order valence-corrected chi connectivity index (χ3v) is 7.95. The molecule has 2 aliphatic rings. The van der Waals surface area contributed by atoms with Crippen LogP contribution in [0.15, 0.2) is 35.9 Å². The largest absolute Gasteiger partial charge is 0.508 e. The summed E-state index contributed by atoms with van der Waals surface area (Å²) in [7, 11) is 1.00. The first-order chi connectivity index (χ1) is 14.3. The Labute approximate surface area is 184 Å². The first kappa shape index (κ1) is 26.4. The second-order valence-corrected chi connectivity index (χ2v) is 9.44. The summed E-state index contributed by atoms with van der Waals surface area (Å²) < 4.78 is 0. The Morgan fingerprint density at radius 2 is 1.90 bits per heavy atom. The van der Waals surface area contributed by atoms with Gasteiger partial charge in [0, 0.05) is 12.5 Å². The number of hydrogen-bond acceptors (Lipinski definition) is 3. The number of fused-ring (bicyclic) bond motifs is 1. The maximum atomic E-state index is 10.8. The van der Waals surface area contributed by atoms with Crippen molar-refractivity contribution in [3.8, 4) is 5.75 Å². The Bertz CT molecular complexity index is 680. The highest BCUT2D eigenvalue weighted by Gasteiger charge is 2.69. The number of carbonyl (C=O) groups is 1. The number of aldehydes is 1. The third-order valence-electron chi connectivity index (χ3n) is 7.95. The van der Waals surface area contributed by atoms with E-state index in [2.05, 4.69) is 46.8 Å². The second kappa shape index (κ2) is 12.3. The van der Waals surface area contributed by atoms with Gasteiger partial charge in [0.1, 0.15) is 12.0 Å². The molecule has 0 aromatic heterocycles. The van der Waals surface area contributed by atoms with E-state index in [0.29, 0.717) is 17.1 Å². The van der Waals surface area contributed by atoms with Crippen molar-refractivity contribution in [2.75, 3.05) is 7.11 Å². The van der Waals surface area contributed by atoms with Gasteiger partial charge in [-0.1, -0.05) is 78.5 Å². The lowest BCUT2D eigenvalue weighted by molar-refractivity contribution is -0.105. The van der Waals surface area contributed by atoms with Crippen LogP contribution in [0, 0.1) is 22.7 Å². The van der Waals surface area contributed by atoms with Gasteiger partial charge in [0.2, 0.25) is 0 Å². The molecular weight excluding hydrogens is 372 g/mol. The van der Waals surface area contributed by atoms with Crippen molar-refractivity contribution < 1.29 is 15.0 Å². The molecule has 0 bridgehead atoms. The molecule has 3 heteroatoms. The van der Waals surface area contributed by atoms with Crippen LogP contribution >= 0.6 is 0 Å². The molecule has 1 fully saturated rings. The second-order valence-electron chi connectivity index (χ2n) is 9.44. The van der Waals surface area contributed by atoms with Crippen LogP contribution in [0.2, 0.25) is 0 Å².